The van der Waals surface area contributed by atoms with E-state index in [1.165, 1.54) is 14.8 Å². The van der Waals surface area contributed by atoms with Gasteiger partial charge in [0.15, 0.2) is 0 Å². The summed E-state index contributed by atoms with van der Waals surface area (Å²) in [5, 5.41) is 4.66. The van der Waals surface area contributed by atoms with Gasteiger partial charge in [-0.05, 0) is 46.9 Å². The third-order valence-electron chi connectivity index (χ3n) is 7.92. The predicted octanol–water partition coefficient (Wildman–Crippen LogP) is 2.15. The number of nitrogens with zero attached hydrogens (tertiary/aromatic N) is 3. The number of hydrogen-bond acceptors (Lipinski definition) is 5. The Balaban J connectivity index is 1.10. The Morgan fingerprint density at radius 1 is 0.868 bits per heavy atom. The van der Waals surface area contributed by atoms with Gasteiger partial charge in [0.25, 0.3) is 5.91 Å². The normalized spacial score (nSPS) is 22.1. The number of imide groups is 1. The number of urea groups is 1. The number of nitrogens with one attached hydrogen (secondary N) is 1. The number of sulfonamides is 1. The molecule has 1 unspecified atom stereocenters. The minimum absolute atomic E-state index is 0.141. The first-order valence-electron chi connectivity index (χ1n) is 12.7. The zero-order valence-corrected chi connectivity index (χ0v) is 21.6. The van der Waals surface area contributed by atoms with Gasteiger partial charge in [-0.15, -0.1) is 0 Å². The van der Waals surface area contributed by atoms with Gasteiger partial charge in [-0.3, -0.25) is 14.5 Å². The third kappa shape index (κ3) is 4.13. The molecule has 9 nitrogen and oxygen atoms in total. The largest absolute Gasteiger partial charge is 0.338 e. The lowest BCUT2D eigenvalue weighted by molar-refractivity contribution is -0.139. The Kier molecular flexibility index (Phi) is 5.96. The molecule has 2 aliphatic heterocycles. The van der Waals surface area contributed by atoms with Crippen LogP contribution >= 0.6 is 0 Å². The van der Waals surface area contributed by atoms with Crippen LogP contribution in [0.3, 0.4) is 0 Å². The summed E-state index contributed by atoms with van der Waals surface area (Å²) < 4.78 is 27.9. The number of fused-ring (bicyclic) bond motifs is 2. The van der Waals surface area contributed by atoms with Crippen molar-refractivity contribution in [3.63, 3.8) is 0 Å². The molecule has 1 spiro atoms. The molecule has 0 radical (unpaired) electrons. The molecule has 0 saturated carbocycles. The maximum absolute atomic E-state index is 13.3. The van der Waals surface area contributed by atoms with Crippen molar-refractivity contribution >= 4 is 38.6 Å². The van der Waals surface area contributed by atoms with Crippen molar-refractivity contribution in [2.24, 2.45) is 0 Å². The predicted molar refractivity (Wildman–Crippen MR) is 141 cm³/mol. The molecule has 2 fully saturated rings. The number of amides is 4. The van der Waals surface area contributed by atoms with Crippen LogP contribution in [0.4, 0.5) is 4.79 Å². The number of carbonyl (C=O) groups is 3. The minimum Gasteiger partial charge on any atom is -0.338 e. The second-order valence-electron chi connectivity index (χ2n) is 10.1. The minimum atomic E-state index is -3.72. The van der Waals surface area contributed by atoms with Crippen molar-refractivity contribution < 1.29 is 22.8 Å². The van der Waals surface area contributed by atoms with Gasteiger partial charge in [0.2, 0.25) is 15.9 Å². The summed E-state index contributed by atoms with van der Waals surface area (Å²) in [7, 11) is -3.72. The number of hydrogen-bond donors (Lipinski definition) is 1. The van der Waals surface area contributed by atoms with Crippen LogP contribution in [0.2, 0.25) is 0 Å². The topological polar surface area (TPSA) is 107 Å². The molecular weight excluding hydrogens is 504 g/mol. The highest BCUT2D eigenvalue weighted by atomic mass is 32.2. The Bertz CT molecular complexity index is 1560. The van der Waals surface area contributed by atoms with Crippen molar-refractivity contribution in [3.05, 3.63) is 77.9 Å². The van der Waals surface area contributed by atoms with Crippen LogP contribution in [0.25, 0.3) is 10.8 Å². The smallest absolute Gasteiger partial charge is 0.325 e. The highest BCUT2D eigenvalue weighted by Crippen LogP contribution is 2.33. The van der Waals surface area contributed by atoms with E-state index in [1.807, 2.05) is 48.5 Å². The lowest BCUT2D eigenvalue weighted by Gasteiger charge is -2.35. The molecule has 10 heteroatoms. The summed E-state index contributed by atoms with van der Waals surface area (Å²) in [5.41, 5.74) is 1.19. The van der Waals surface area contributed by atoms with E-state index in [2.05, 4.69) is 5.32 Å². The third-order valence-corrected chi connectivity index (χ3v) is 9.82. The summed E-state index contributed by atoms with van der Waals surface area (Å²) in [6, 6.07) is 19.9. The summed E-state index contributed by atoms with van der Waals surface area (Å²) in [4.78, 5) is 41.9. The first kappa shape index (κ1) is 24.6. The summed E-state index contributed by atoms with van der Waals surface area (Å²) >= 11 is 0. The first-order valence-corrected chi connectivity index (χ1v) is 14.2. The average molecular weight is 533 g/mol. The Morgan fingerprint density at radius 3 is 2.32 bits per heavy atom. The standard InChI is InChI=1S/C28H28N4O5S/c33-25(19-32-26(34)28(29-27(32)35)12-11-21-6-2-4-8-23(21)18-28)30-13-15-31(16-14-30)38(36,37)24-10-9-20-5-1-3-7-22(20)17-24/h1-10,17H,11-16,18-19H2,(H,29,35). The maximum atomic E-state index is 13.3. The van der Waals surface area contributed by atoms with Crippen molar-refractivity contribution in [2.45, 2.75) is 29.7 Å². The lowest BCUT2D eigenvalue weighted by Crippen LogP contribution is -2.54. The van der Waals surface area contributed by atoms with Gasteiger partial charge >= 0.3 is 6.03 Å². The molecule has 6 rings (SSSR count). The van der Waals surface area contributed by atoms with Gasteiger partial charge in [-0.25, -0.2) is 13.2 Å². The Morgan fingerprint density at radius 2 is 1.55 bits per heavy atom. The molecule has 0 bridgehead atoms. The van der Waals surface area contributed by atoms with Crippen LogP contribution in [0.1, 0.15) is 17.5 Å². The highest BCUT2D eigenvalue weighted by molar-refractivity contribution is 7.89. The van der Waals surface area contributed by atoms with Gasteiger partial charge in [-0.1, -0.05) is 54.6 Å². The highest BCUT2D eigenvalue weighted by Gasteiger charge is 2.53. The van der Waals surface area contributed by atoms with E-state index in [0.29, 0.717) is 19.3 Å². The van der Waals surface area contributed by atoms with E-state index in [1.54, 1.807) is 18.2 Å². The van der Waals surface area contributed by atoms with E-state index < -0.39 is 21.6 Å². The number of carbonyl (C=O) groups excluding carboxylic acids is 3. The van der Waals surface area contributed by atoms with E-state index in [0.717, 1.165) is 21.2 Å². The molecule has 2 saturated heterocycles. The molecule has 1 N–H and O–H groups in total. The SMILES string of the molecule is O=C(CN1C(=O)NC2(CCc3ccccc3C2)C1=O)N1CCN(S(=O)(=O)c2ccc3ccccc3c2)CC1. The molecular formula is C28H28N4O5S. The molecule has 1 aliphatic carbocycles. The van der Waals surface area contributed by atoms with Gasteiger partial charge < -0.3 is 10.2 Å². The number of aryl methyl sites for hydroxylation is 1. The Hall–Kier alpha value is -3.76. The lowest BCUT2D eigenvalue weighted by atomic mass is 9.78. The fourth-order valence-corrected chi connectivity index (χ4v) is 7.19. The number of rotatable bonds is 4. The van der Waals surface area contributed by atoms with Crippen LogP contribution in [0, 0.1) is 0 Å². The second-order valence-corrected chi connectivity index (χ2v) is 12.1. The van der Waals surface area contributed by atoms with Crippen LogP contribution in [0.15, 0.2) is 71.6 Å². The number of piperazine rings is 1. The molecule has 4 amide bonds. The van der Waals surface area contributed by atoms with Crippen molar-refractivity contribution in [1.29, 1.82) is 0 Å². The summed E-state index contributed by atoms with van der Waals surface area (Å²) in [6.07, 6.45) is 1.58. The molecule has 3 aromatic rings. The average Bonchev–Trinajstić information content (AvgIpc) is 3.16. The molecule has 2 heterocycles. The Labute approximate surface area is 221 Å². The summed E-state index contributed by atoms with van der Waals surface area (Å²) in [6.45, 7) is 0.302. The molecule has 1 atom stereocenters. The zero-order valence-electron chi connectivity index (χ0n) is 20.8. The van der Waals surface area contributed by atoms with Gasteiger partial charge in [-0.2, -0.15) is 4.31 Å². The van der Waals surface area contributed by atoms with Gasteiger partial charge in [0.1, 0.15) is 12.1 Å². The van der Waals surface area contributed by atoms with E-state index in [-0.39, 0.29) is 49.4 Å². The van der Waals surface area contributed by atoms with E-state index in [4.69, 9.17) is 0 Å². The molecule has 38 heavy (non-hydrogen) atoms. The molecule has 196 valence electrons. The van der Waals surface area contributed by atoms with E-state index >= 15 is 0 Å². The first-order chi connectivity index (χ1) is 18.3. The van der Waals surface area contributed by atoms with Crippen LogP contribution in [0.5, 0.6) is 0 Å². The second kappa shape index (κ2) is 9.21. The van der Waals surface area contributed by atoms with Crippen LogP contribution < -0.4 is 5.32 Å². The number of benzene rings is 3. The van der Waals surface area contributed by atoms with Gasteiger partial charge in [0.05, 0.1) is 4.90 Å². The molecule has 3 aliphatic rings. The quantitative estimate of drug-likeness (QED) is 0.519. The van der Waals surface area contributed by atoms with Crippen LogP contribution in [-0.2, 0) is 32.5 Å². The fourth-order valence-electron chi connectivity index (χ4n) is 5.73. The molecule has 3 aromatic carbocycles. The zero-order chi connectivity index (χ0) is 26.5. The van der Waals surface area contributed by atoms with Crippen LogP contribution in [-0.4, -0.2) is 78.6 Å². The molecule has 0 aromatic heterocycles. The summed E-state index contributed by atoms with van der Waals surface area (Å²) in [5.74, 6) is -0.743. The van der Waals surface area contributed by atoms with Gasteiger partial charge in [0, 0.05) is 32.6 Å². The van der Waals surface area contributed by atoms with E-state index in [9.17, 15) is 22.8 Å². The monoisotopic (exact) mass is 532 g/mol. The van der Waals surface area contributed by atoms with Crippen molar-refractivity contribution in [1.82, 2.24) is 19.4 Å². The van der Waals surface area contributed by atoms with Crippen molar-refractivity contribution in [2.75, 3.05) is 32.7 Å². The fraction of sp³-hybridized carbons (Fsp3) is 0.321. The van der Waals surface area contributed by atoms with Crippen molar-refractivity contribution in [3.8, 4) is 0 Å². The maximum Gasteiger partial charge on any atom is 0.325 e.